The molecule has 0 unspecified atom stereocenters. The van der Waals surface area contributed by atoms with Crippen LogP contribution >= 0.6 is 11.6 Å². The number of imidazole rings is 1. The molecule has 1 aliphatic rings. The highest BCUT2D eigenvalue weighted by atomic mass is 35.5. The Morgan fingerprint density at radius 3 is 2.57 bits per heavy atom. The molecule has 1 saturated carbocycles. The second-order valence-corrected chi connectivity index (χ2v) is 8.54. The van der Waals surface area contributed by atoms with Crippen molar-refractivity contribution in [3.05, 3.63) is 26.1 Å². The van der Waals surface area contributed by atoms with Gasteiger partial charge in [-0.15, -0.1) is 0 Å². The molecule has 1 fully saturated rings. The van der Waals surface area contributed by atoms with E-state index in [0.717, 1.165) is 23.8 Å². The molecule has 2 aromatic rings. The number of fused-ring (bicyclic) bond motifs is 1. The Morgan fingerprint density at radius 1 is 1.25 bits per heavy atom. The molecule has 154 valence electrons. The summed E-state index contributed by atoms with van der Waals surface area (Å²) in [6.45, 7) is 6.23. The van der Waals surface area contributed by atoms with Crippen molar-refractivity contribution < 1.29 is 9.53 Å². The van der Waals surface area contributed by atoms with Crippen molar-refractivity contribution in [1.29, 1.82) is 0 Å². The van der Waals surface area contributed by atoms with E-state index in [9.17, 15) is 14.4 Å². The topological polar surface area (TPSA) is 88.1 Å². The first-order chi connectivity index (χ1) is 13.1. The van der Waals surface area contributed by atoms with Gasteiger partial charge in [0.15, 0.2) is 11.2 Å². The number of carbonyl (C=O) groups is 1. The summed E-state index contributed by atoms with van der Waals surface area (Å²) in [6, 6.07) is 0. The van der Waals surface area contributed by atoms with Gasteiger partial charge < -0.3 is 4.74 Å². The molecule has 0 radical (unpaired) electrons. The molecule has 2 heterocycles. The van der Waals surface area contributed by atoms with Crippen LogP contribution in [-0.2, 0) is 30.2 Å². The smallest absolute Gasteiger partial charge is 0.332 e. The predicted molar refractivity (Wildman–Crippen MR) is 106 cm³/mol. The maximum atomic E-state index is 12.7. The van der Waals surface area contributed by atoms with Gasteiger partial charge in [0.2, 0.25) is 5.28 Å². The molecule has 0 aromatic carbocycles. The number of nitrogens with zero attached hydrogens (tertiary/aromatic N) is 4. The fourth-order valence-corrected chi connectivity index (χ4v) is 4.37. The Hall–Kier alpha value is -2.09. The molecule has 0 amide bonds. The zero-order chi connectivity index (χ0) is 20.7. The van der Waals surface area contributed by atoms with Gasteiger partial charge in [-0.3, -0.25) is 23.3 Å². The van der Waals surface area contributed by atoms with Gasteiger partial charge >= 0.3 is 11.7 Å². The van der Waals surface area contributed by atoms with Crippen LogP contribution in [0.25, 0.3) is 11.2 Å². The maximum absolute atomic E-state index is 12.7. The van der Waals surface area contributed by atoms with Crippen LogP contribution in [0.4, 0.5) is 0 Å². The van der Waals surface area contributed by atoms with E-state index in [2.05, 4.69) is 25.8 Å². The zero-order valence-electron chi connectivity index (χ0n) is 16.9. The van der Waals surface area contributed by atoms with Gasteiger partial charge in [-0.05, 0) is 42.2 Å². The van der Waals surface area contributed by atoms with Crippen molar-refractivity contribution in [3.8, 4) is 0 Å². The first-order valence-corrected chi connectivity index (χ1v) is 10.0. The van der Waals surface area contributed by atoms with E-state index in [0.29, 0.717) is 17.8 Å². The highest BCUT2D eigenvalue weighted by Gasteiger charge is 2.33. The summed E-state index contributed by atoms with van der Waals surface area (Å²) in [5.74, 6) is 0.794. The molecule has 2 aromatic heterocycles. The first kappa shape index (κ1) is 20.6. The van der Waals surface area contributed by atoms with Crippen LogP contribution in [0.15, 0.2) is 9.59 Å². The van der Waals surface area contributed by atoms with Crippen molar-refractivity contribution in [2.24, 2.45) is 31.8 Å². The summed E-state index contributed by atoms with van der Waals surface area (Å²) in [5.41, 5.74) is -0.782. The summed E-state index contributed by atoms with van der Waals surface area (Å²) < 4.78 is 9.34. The van der Waals surface area contributed by atoms with E-state index >= 15 is 0 Å². The van der Waals surface area contributed by atoms with Gasteiger partial charge in [0.1, 0.15) is 12.6 Å². The molecule has 0 N–H and O–H groups in total. The molecule has 0 spiro atoms. The van der Waals surface area contributed by atoms with Crippen molar-refractivity contribution in [2.75, 3.05) is 0 Å². The summed E-state index contributed by atoms with van der Waals surface area (Å²) in [4.78, 5) is 41.4. The Kier molecular flexibility index (Phi) is 5.70. The van der Waals surface area contributed by atoms with Crippen molar-refractivity contribution in [1.82, 2.24) is 18.7 Å². The number of esters is 1. The van der Waals surface area contributed by atoms with E-state index in [1.807, 2.05) is 0 Å². The predicted octanol–water partition coefficient (Wildman–Crippen LogP) is 2.09. The van der Waals surface area contributed by atoms with Crippen LogP contribution in [-0.4, -0.2) is 30.8 Å². The SMILES string of the molecule is CC(C)[C@H]1CC[C@@H](C)C[C@H]1OC(=O)Cn1c(Cl)nc2c1c(=O)n(C)c(=O)n2C. The number of rotatable bonds is 4. The van der Waals surface area contributed by atoms with Crippen LogP contribution in [0, 0.1) is 17.8 Å². The van der Waals surface area contributed by atoms with Gasteiger partial charge in [-0.1, -0.05) is 27.2 Å². The third-order valence-corrected chi connectivity index (χ3v) is 6.12. The standard InChI is InChI=1S/C19H27ClN4O4/c1-10(2)12-7-6-11(3)8-13(12)28-14(25)9-24-15-16(21-18(24)20)22(4)19(27)23(5)17(15)26/h10-13H,6-9H2,1-5H3/t11-,12-,13-/m1/s1. The number of aromatic nitrogens is 4. The largest absolute Gasteiger partial charge is 0.461 e. The minimum Gasteiger partial charge on any atom is -0.461 e. The third kappa shape index (κ3) is 3.62. The first-order valence-electron chi connectivity index (χ1n) is 9.63. The third-order valence-electron chi connectivity index (χ3n) is 5.83. The molecular formula is C19H27ClN4O4. The second-order valence-electron chi connectivity index (χ2n) is 8.20. The van der Waals surface area contributed by atoms with Gasteiger partial charge in [-0.2, -0.15) is 4.98 Å². The molecule has 8 nitrogen and oxygen atoms in total. The monoisotopic (exact) mass is 410 g/mol. The number of carbonyl (C=O) groups excluding carboxylic acids is 1. The molecule has 0 saturated heterocycles. The normalized spacial score (nSPS) is 22.8. The quantitative estimate of drug-likeness (QED) is 0.568. The maximum Gasteiger partial charge on any atom is 0.332 e. The highest BCUT2D eigenvalue weighted by molar-refractivity contribution is 6.29. The Balaban J connectivity index is 1.90. The molecule has 0 aliphatic heterocycles. The second kappa shape index (κ2) is 7.73. The number of aryl methyl sites for hydroxylation is 1. The van der Waals surface area contributed by atoms with Gasteiger partial charge in [0, 0.05) is 14.1 Å². The van der Waals surface area contributed by atoms with Crippen LogP contribution in [0.1, 0.15) is 40.0 Å². The number of hydrogen-bond acceptors (Lipinski definition) is 5. The molecule has 3 rings (SSSR count). The minimum absolute atomic E-state index is 0.0253. The van der Waals surface area contributed by atoms with Crippen LogP contribution in [0.3, 0.4) is 0 Å². The minimum atomic E-state index is -0.545. The lowest BCUT2D eigenvalue weighted by molar-refractivity contribution is -0.156. The van der Waals surface area contributed by atoms with E-state index in [4.69, 9.17) is 16.3 Å². The Labute approximate surface area is 168 Å². The molecule has 28 heavy (non-hydrogen) atoms. The van der Waals surface area contributed by atoms with Gasteiger partial charge in [0.25, 0.3) is 5.56 Å². The van der Waals surface area contributed by atoms with Gasteiger partial charge in [0.05, 0.1) is 0 Å². The number of ether oxygens (including phenoxy) is 1. The lowest BCUT2D eigenvalue weighted by atomic mass is 9.75. The van der Waals surface area contributed by atoms with E-state index in [-0.39, 0.29) is 29.1 Å². The number of hydrogen-bond donors (Lipinski definition) is 0. The van der Waals surface area contributed by atoms with E-state index in [1.54, 1.807) is 0 Å². The fraction of sp³-hybridized carbons (Fsp3) is 0.684. The summed E-state index contributed by atoms with van der Waals surface area (Å²) in [6.07, 6.45) is 2.87. The molecule has 3 atom stereocenters. The van der Waals surface area contributed by atoms with Crippen LogP contribution in [0.5, 0.6) is 0 Å². The molecule has 0 bridgehead atoms. The Morgan fingerprint density at radius 2 is 1.93 bits per heavy atom. The average Bonchev–Trinajstić information content (AvgIpc) is 2.94. The molecule has 9 heteroatoms. The fourth-order valence-electron chi connectivity index (χ4n) is 4.15. The lowest BCUT2D eigenvalue weighted by Crippen LogP contribution is -2.38. The number of halogens is 1. The Bertz CT molecular complexity index is 1020. The van der Waals surface area contributed by atoms with Crippen LogP contribution < -0.4 is 11.2 Å². The highest BCUT2D eigenvalue weighted by Crippen LogP contribution is 2.35. The zero-order valence-corrected chi connectivity index (χ0v) is 17.7. The van der Waals surface area contributed by atoms with Crippen molar-refractivity contribution in [2.45, 2.75) is 52.7 Å². The average molecular weight is 411 g/mol. The van der Waals surface area contributed by atoms with Gasteiger partial charge in [-0.25, -0.2) is 4.79 Å². The van der Waals surface area contributed by atoms with E-state index < -0.39 is 17.2 Å². The summed E-state index contributed by atoms with van der Waals surface area (Å²) >= 11 is 6.19. The van der Waals surface area contributed by atoms with Crippen LogP contribution in [0.2, 0.25) is 5.28 Å². The summed E-state index contributed by atoms with van der Waals surface area (Å²) in [5, 5.41) is -0.0253. The van der Waals surface area contributed by atoms with E-state index in [1.165, 1.54) is 23.2 Å². The van der Waals surface area contributed by atoms with Crippen molar-refractivity contribution >= 4 is 28.7 Å². The summed E-state index contributed by atoms with van der Waals surface area (Å²) in [7, 11) is 2.89. The van der Waals surface area contributed by atoms with Crippen molar-refractivity contribution in [3.63, 3.8) is 0 Å². The molecule has 1 aliphatic carbocycles. The lowest BCUT2D eigenvalue weighted by Gasteiger charge is -2.36. The molecular weight excluding hydrogens is 384 g/mol.